The molecule has 0 unspecified atom stereocenters. The normalized spacial score (nSPS) is 14.2. The van der Waals surface area contributed by atoms with E-state index in [1.165, 1.54) is 7.11 Å². The number of fused-ring (bicyclic) bond motifs is 1. The fraction of sp³-hybridized carbons (Fsp3) is 0.214. The van der Waals surface area contributed by atoms with Crippen LogP contribution in [-0.4, -0.2) is 47.4 Å². The Bertz CT molecular complexity index is 1520. The van der Waals surface area contributed by atoms with E-state index in [1.54, 1.807) is 44.0 Å². The molecule has 1 aliphatic heterocycles. The molecule has 5 rings (SSSR count). The zero-order valence-electron chi connectivity index (χ0n) is 22.0. The topological polar surface area (TPSA) is 122 Å². The highest BCUT2D eigenvalue weighted by Crippen LogP contribution is 2.39. The van der Waals surface area contributed by atoms with E-state index in [0.717, 1.165) is 11.1 Å². The highest BCUT2D eigenvalue weighted by molar-refractivity contribution is 6.06. The molecule has 3 aromatic carbocycles. The van der Waals surface area contributed by atoms with E-state index < -0.39 is 6.04 Å². The molecule has 1 aromatic heterocycles. The lowest BCUT2D eigenvalue weighted by atomic mass is 9.94. The van der Waals surface area contributed by atoms with Gasteiger partial charge in [-0.15, -0.1) is 0 Å². The number of rotatable bonds is 9. The molecule has 11 nitrogen and oxygen atoms in total. The van der Waals surface area contributed by atoms with Crippen LogP contribution in [0.3, 0.4) is 0 Å². The molecule has 39 heavy (non-hydrogen) atoms. The minimum absolute atomic E-state index is 0.360. The second kappa shape index (κ2) is 11.1. The maximum atomic E-state index is 13.8. The molecule has 4 aromatic rings. The summed E-state index contributed by atoms with van der Waals surface area (Å²) in [5.74, 6) is 2.21. The van der Waals surface area contributed by atoms with E-state index >= 15 is 0 Å². The zero-order valence-corrected chi connectivity index (χ0v) is 22.0. The van der Waals surface area contributed by atoms with Crippen LogP contribution in [0.5, 0.6) is 23.0 Å². The van der Waals surface area contributed by atoms with Gasteiger partial charge in [0.1, 0.15) is 24.1 Å². The van der Waals surface area contributed by atoms with Crippen LogP contribution in [0.4, 0.5) is 11.6 Å². The molecular formula is C28H28N6O5. The summed E-state index contributed by atoms with van der Waals surface area (Å²) in [6.45, 7) is 2.19. The molecule has 0 saturated carbocycles. The van der Waals surface area contributed by atoms with Crippen LogP contribution in [0.1, 0.15) is 24.1 Å². The molecule has 0 aliphatic carbocycles. The summed E-state index contributed by atoms with van der Waals surface area (Å²) in [7, 11) is 4.66. The molecular weight excluding hydrogens is 500 g/mol. The molecule has 0 radical (unpaired) electrons. The number of carbonyl (C=O) groups excluding carboxylic acids is 1. The first-order valence-electron chi connectivity index (χ1n) is 12.2. The highest BCUT2D eigenvalue weighted by atomic mass is 16.5. The summed E-state index contributed by atoms with van der Waals surface area (Å²) in [5.41, 5.74) is 3.25. The van der Waals surface area contributed by atoms with E-state index in [1.807, 2.05) is 48.5 Å². The largest absolute Gasteiger partial charge is 0.497 e. The quantitative estimate of drug-likeness (QED) is 0.329. The predicted molar refractivity (Wildman–Crippen MR) is 144 cm³/mol. The standard InChI is InChI=1S/C28H28N6O5/c1-17-25(27(35)30-21-15-20(36-2)11-13-22(21)37-3)26(34-28(29-17)31-32-33-34)19-10-12-23(24(14-19)38-4)39-16-18-8-6-5-7-9-18/h5-15,26H,16H2,1-4H3,(H,30,35)(H,29,31,33)/t26-/m0/s1. The van der Waals surface area contributed by atoms with Crippen LogP contribution in [0.2, 0.25) is 0 Å². The van der Waals surface area contributed by atoms with Crippen LogP contribution in [0.15, 0.2) is 78.0 Å². The third-order valence-electron chi connectivity index (χ3n) is 6.35. The number of nitrogens with one attached hydrogen (secondary N) is 2. The van der Waals surface area contributed by atoms with Crippen LogP contribution >= 0.6 is 0 Å². The second-order valence-electron chi connectivity index (χ2n) is 8.72. The Kier molecular flexibility index (Phi) is 7.30. The number of tetrazole rings is 1. The van der Waals surface area contributed by atoms with Crippen molar-refractivity contribution in [3.05, 3.63) is 89.1 Å². The van der Waals surface area contributed by atoms with E-state index in [4.69, 9.17) is 18.9 Å². The zero-order chi connectivity index (χ0) is 27.4. The van der Waals surface area contributed by atoms with Crippen molar-refractivity contribution in [1.82, 2.24) is 20.2 Å². The van der Waals surface area contributed by atoms with E-state index in [9.17, 15) is 4.79 Å². The lowest BCUT2D eigenvalue weighted by Crippen LogP contribution is -2.31. The Morgan fingerprint density at radius 2 is 1.72 bits per heavy atom. The van der Waals surface area contributed by atoms with E-state index in [2.05, 4.69) is 26.2 Å². The third-order valence-corrected chi connectivity index (χ3v) is 6.35. The number of allylic oxidation sites excluding steroid dienone is 1. The van der Waals surface area contributed by atoms with Crippen molar-refractivity contribution in [2.24, 2.45) is 0 Å². The molecule has 0 fully saturated rings. The molecule has 0 saturated heterocycles. The van der Waals surface area contributed by atoms with Crippen LogP contribution in [0, 0.1) is 0 Å². The molecule has 1 atom stereocenters. The summed E-state index contributed by atoms with van der Waals surface area (Å²) >= 11 is 0. The number of methoxy groups -OCH3 is 3. The van der Waals surface area contributed by atoms with Crippen LogP contribution < -0.4 is 29.6 Å². The Balaban J connectivity index is 1.49. The molecule has 200 valence electrons. The Morgan fingerprint density at radius 3 is 2.46 bits per heavy atom. The molecule has 1 amide bonds. The van der Waals surface area contributed by atoms with Gasteiger partial charge in [0.2, 0.25) is 5.95 Å². The smallest absolute Gasteiger partial charge is 0.255 e. The Hall–Kier alpha value is -5.06. The lowest BCUT2D eigenvalue weighted by molar-refractivity contribution is -0.113. The minimum atomic E-state index is -0.648. The second-order valence-corrected chi connectivity index (χ2v) is 8.72. The van der Waals surface area contributed by atoms with Gasteiger partial charge < -0.3 is 29.6 Å². The minimum Gasteiger partial charge on any atom is -0.497 e. The van der Waals surface area contributed by atoms with Gasteiger partial charge in [0.15, 0.2) is 11.5 Å². The molecule has 1 aliphatic rings. The maximum absolute atomic E-state index is 13.8. The van der Waals surface area contributed by atoms with Crippen LogP contribution in [-0.2, 0) is 11.4 Å². The van der Waals surface area contributed by atoms with E-state index in [0.29, 0.717) is 52.5 Å². The highest BCUT2D eigenvalue weighted by Gasteiger charge is 2.35. The lowest BCUT2D eigenvalue weighted by Gasteiger charge is -2.28. The van der Waals surface area contributed by atoms with Gasteiger partial charge in [-0.2, -0.15) is 4.68 Å². The van der Waals surface area contributed by atoms with Gasteiger partial charge in [-0.25, -0.2) is 0 Å². The molecule has 0 spiro atoms. The summed E-state index contributed by atoms with van der Waals surface area (Å²) in [4.78, 5) is 13.8. The van der Waals surface area contributed by atoms with Crippen molar-refractivity contribution in [3.8, 4) is 23.0 Å². The Morgan fingerprint density at radius 1 is 0.949 bits per heavy atom. The molecule has 11 heteroatoms. The number of nitrogens with zero attached hydrogens (tertiary/aromatic N) is 4. The van der Waals surface area contributed by atoms with E-state index in [-0.39, 0.29) is 5.91 Å². The summed E-state index contributed by atoms with van der Waals surface area (Å²) in [5, 5.41) is 18.1. The van der Waals surface area contributed by atoms with Gasteiger partial charge in [-0.05, 0) is 52.7 Å². The first-order chi connectivity index (χ1) is 19.0. The van der Waals surface area contributed by atoms with Gasteiger partial charge >= 0.3 is 0 Å². The van der Waals surface area contributed by atoms with Crippen molar-refractivity contribution < 1.29 is 23.7 Å². The van der Waals surface area contributed by atoms with Crippen molar-refractivity contribution >= 4 is 17.5 Å². The first kappa shape index (κ1) is 25.6. The van der Waals surface area contributed by atoms with Crippen molar-refractivity contribution in [1.29, 1.82) is 0 Å². The Labute approximate surface area is 225 Å². The average molecular weight is 529 g/mol. The fourth-order valence-corrected chi connectivity index (χ4v) is 4.42. The summed E-state index contributed by atoms with van der Waals surface area (Å²) in [6.07, 6.45) is 0. The fourth-order valence-electron chi connectivity index (χ4n) is 4.42. The molecule has 0 bridgehead atoms. The number of hydrogen-bond donors (Lipinski definition) is 2. The number of carbonyl (C=O) groups is 1. The number of amides is 1. The number of aromatic nitrogens is 4. The SMILES string of the molecule is COc1ccc(OC)c(NC(=O)C2=C(C)Nc3nnnn3[C@H]2c2ccc(OCc3ccccc3)c(OC)c2)c1. The van der Waals surface area contributed by atoms with Gasteiger partial charge in [-0.1, -0.05) is 41.5 Å². The summed E-state index contributed by atoms with van der Waals surface area (Å²) in [6, 6.07) is 19.9. The maximum Gasteiger partial charge on any atom is 0.255 e. The molecule has 2 N–H and O–H groups in total. The predicted octanol–water partition coefficient (Wildman–Crippen LogP) is 4.21. The molecule has 2 heterocycles. The van der Waals surface area contributed by atoms with Gasteiger partial charge in [-0.3, -0.25) is 4.79 Å². The number of benzene rings is 3. The van der Waals surface area contributed by atoms with Crippen molar-refractivity contribution in [3.63, 3.8) is 0 Å². The third kappa shape index (κ3) is 5.19. The summed E-state index contributed by atoms with van der Waals surface area (Å²) < 4.78 is 24.0. The van der Waals surface area contributed by atoms with Crippen molar-refractivity contribution in [2.75, 3.05) is 32.0 Å². The average Bonchev–Trinajstić information content (AvgIpc) is 3.43. The first-order valence-corrected chi connectivity index (χ1v) is 12.2. The van der Waals surface area contributed by atoms with Crippen molar-refractivity contribution in [2.45, 2.75) is 19.6 Å². The monoisotopic (exact) mass is 528 g/mol. The van der Waals surface area contributed by atoms with Gasteiger partial charge in [0.25, 0.3) is 5.91 Å². The van der Waals surface area contributed by atoms with Gasteiger partial charge in [0.05, 0.1) is 32.6 Å². The number of hydrogen-bond acceptors (Lipinski definition) is 9. The van der Waals surface area contributed by atoms with Crippen LogP contribution in [0.25, 0.3) is 0 Å². The van der Waals surface area contributed by atoms with Gasteiger partial charge in [0, 0.05) is 11.8 Å². The number of ether oxygens (including phenoxy) is 4. The number of anilines is 2.